The molecule has 2 aliphatic rings. The fourth-order valence-electron chi connectivity index (χ4n) is 5.96. The summed E-state index contributed by atoms with van der Waals surface area (Å²) in [6.45, 7) is 12.4. The lowest BCUT2D eigenvalue weighted by Gasteiger charge is -2.41. The Balaban J connectivity index is 1.60. The molecule has 0 saturated carbocycles. The number of hydrogen-bond donors (Lipinski definition) is 0. The molecule has 0 aliphatic carbocycles. The zero-order valence-corrected chi connectivity index (χ0v) is 27.3. The second-order valence-corrected chi connectivity index (χ2v) is 13.1. The molecule has 6 rings (SSSR count). The zero-order valence-electron chi connectivity index (χ0n) is 27.3. The summed E-state index contributed by atoms with van der Waals surface area (Å²) < 4.78 is 50.7. The van der Waals surface area contributed by atoms with Gasteiger partial charge < -0.3 is 24.0 Å². The number of fused-ring (bicyclic) bond motifs is 5. The van der Waals surface area contributed by atoms with Crippen molar-refractivity contribution < 1.29 is 27.8 Å². The molecule has 0 spiro atoms. The minimum atomic E-state index is -0.817. The van der Waals surface area contributed by atoms with E-state index in [1.54, 1.807) is 44.0 Å². The Kier molecular flexibility index (Phi) is 8.49. The third-order valence-corrected chi connectivity index (χ3v) is 8.05. The number of benzene rings is 1. The predicted octanol–water partition coefficient (Wildman–Crippen LogP) is 5.85. The smallest absolute Gasteiger partial charge is 0.410 e. The van der Waals surface area contributed by atoms with Gasteiger partial charge in [-0.05, 0) is 51.8 Å². The van der Waals surface area contributed by atoms with Gasteiger partial charge in [-0.15, -0.1) is 0 Å². The number of carbonyl (C=O) groups is 1. The lowest BCUT2D eigenvalue weighted by atomic mass is 10.1. The maximum absolute atomic E-state index is 16.3. The average Bonchev–Trinajstić information content (AvgIpc) is 3.01. The van der Waals surface area contributed by atoms with E-state index in [4.69, 9.17) is 14.2 Å². The Morgan fingerprint density at radius 2 is 1.79 bits per heavy atom. The molecule has 2 bridgehead atoms. The van der Waals surface area contributed by atoms with Crippen molar-refractivity contribution in [3.05, 3.63) is 64.3 Å². The number of pyridine rings is 2. The van der Waals surface area contributed by atoms with Gasteiger partial charge in [-0.3, -0.25) is 4.98 Å². The highest BCUT2D eigenvalue weighted by Crippen LogP contribution is 2.38. The van der Waals surface area contributed by atoms with Crippen molar-refractivity contribution in [3.8, 4) is 28.4 Å². The molecule has 2 aliphatic heterocycles. The van der Waals surface area contributed by atoms with Crippen LogP contribution < -0.4 is 20.1 Å². The van der Waals surface area contributed by atoms with Crippen molar-refractivity contribution in [1.82, 2.24) is 24.4 Å². The Morgan fingerprint density at radius 3 is 2.49 bits per heavy atom. The van der Waals surface area contributed by atoms with E-state index in [0.29, 0.717) is 30.1 Å². The number of nitrogens with zero attached hydrogens (tertiary/aromatic N) is 6. The normalized spacial score (nSPS) is 16.8. The molecule has 1 atom stereocenters. The SMILES string of the molecule is CC(C)c1nccc2c1-n1c(=O)nc(N3CCN(C(=O)OC(C)(C)C)C[C@@H]3C)c3cc(F)c(nc31)-c1c(F)cccc1OCCCO2. The Labute approximate surface area is 271 Å². The lowest BCUT2D eigenvalue weighted by molar-refractivity contribution is 0.0218. The number of hydrogen-bond acceptors (Lipinski definition) is 9. The Bertz CT molecular complexity index is 1910. The van der Waals surface area contributed by atoms with Gasteiger partial charge in [0.25, 0.3) is 0 Å². The molecular formula is C34H38F2N6O5. The minimum absolute atomic E-state index is 0.0476. The largest absolute Gasteiger partial charge is 0.493 e. The van der Waals surface area contributed by atoms with Crippen LogP contribution in [0, 0.1) is 11.6 Å². The van der Waals surface area contributed by atoms with Crippen LogP contribution in [-0.2, 0) is 4.74 Å². The summed E-state index contributed by atoms with van der Waals surface area (Å²) in [6.07, 6.45) is 1.59. The van der Waals surface area contributed by atoms with E-state index in [-0.39, 0.29) is 72.1 Å². The molecule has 11 nitrogen and oxygen atoms in total. The average molecular weight is 649 g/mol. The van der Waals surface area contributed by atoms with E-state index in [2.05, 4.69) is 15.0 Å². The lowest BCUT2D eigenvalue weighted by Crippen LogP contribution is -2.55. The van der Waals surface area contributed by atoms with Gasteiger partial charge in [0, 0.05) is 44.4 Å². The topological polar surface area (TPSA) is 112 Å². The maximum atomic E-state index is 16.3. The number of halogens is 2. The molecule has 0 unspecified atom stereocenters. The zero-order chi connectivity index (χ0) is 33.6. The number of aromatic nitrogens is 4. The first-order valence-corrected chi connectivity index (χ1v) is 15.8. The highest BCUT2D eigenvalue weighted by Gasteiger charge is 2.33. The molecule has 0 radical (unpaired) electrons. The van der Waals surface area contributed by atoms with Crippen LogP contribution in [0.15, 0.2) is 41.3 Å². The summed E-state index contributed by atoms with van der Waals surface area (Å²) in [4.78, 5) is 44.3. The number of rotatable bonds is 2. The molecule has 248 valence electrons. The van der Waals surface area contributed by atoms with Crippen molar-refractivity contribution in [1.29, 1.82) is 0 Å². The molecule has 0 N–H and O–H groups in total. The Hall–Kier alpha value is -4.81. The molecule has 1 fully saturated rings. The first kappa shape index (κ1) is 32.1. The van der Waals surface area contributed by atoms with E-state index in [1.165, 1.54) is 22.8 Å². The van der Waals surface area contributed by atoms with Crippen molar-refractivity contribution >= 4 is 22.9 Å². The van der Waals surface area contributed by atoms with Gasteiger partial charge in [0.1, 0.15) is 40.1 Å². The van der Waals surface area contributed by atoms with Gasteiger partial charge in [0.2, 0.25) is 0 Å². The number of amides is 1. The van der Waals surface area contributed by atoms with Gasteiger partial charge in [-0.2, -0.15) is 4.98 Å². The van der Waals surface area contributed by atoms with E-state index < -0.39 is 29.0 Å². The fourth-order valence-corrected chi connectivity index (χ4v) is 5.96. The molecule has 4 aromatic rings. The van der Waals surface area contributed by atoms with Crippen molar-refractivity contribution in [2.75, 3.05) is 37.7 Å². The van der Waals surface area contributed by atoms with Gasteiger partial charge in [0.05, 0.1) is 29.9 Å². The maximum Gasteiger partial charge on any atom is 0.410 e. The van der Waals surface area contributed by atoms with Crippen LogP contribution in [-0.4, -0.2) is 75.0 Å². The van der Waals surface area contributed by atoms with Crippen LogP contribution in [0.2, 0.25) is 0 Å². The molecular weight excluding hydrogens is 610 g/mol. The van der Waals surface area contributed by atoms with E-state index in [1.807, 2.05) is 25.7 Å². The van der Waals surface area contributed by atoms with E-state index in [0.717, 1.165) is 0 Å². The van der Waals surface area contributed by atoms with Crippen LogP contribution in [0.1, 0.15) is 59.6 Å². The first-order chi connectivity index (χ1) is 22.3. The van der Waals surface area contributed by atoms with Crippen molar-refractivity contribution in [2.45, 2.75) is 65.5 Å². The molecule has 5 heterocycles. The van der Waals surface area contributed by atoms with Crippen molar-refractivity contribution in [3.63, 3.8) is 0 Å². The summed E-state index contributed by atoms with van der Waals surface area (Å²) in [5.74, 6) is -0.999. The highest BCUT2D eigenvalue weighted by atomic mass is 19.1. The van der Waals surface area contributed by atoms with Crippen LogP contribution in [0.25, 0.3) is 28.0 Å². The summed E-state index contributed by atoms with van der Waals surface area (Å²) >= 11 is 0. The number of carbonyl (C=O) groups excluding carboxylic acids is 1. The highest BCUT2D eigenvalue weighted by molar-refractivity contribution is 5.91. The summed E-state index contributed by atoms with van der Waals surface area (Å²) in [7, 11) is 0. The summed E-state index contributed by atoms with van der Waals surface area (Å²) in [5, 5.41) is 0.224. The van der Waals surface area contributed by atoms with Crippen LogP contribution in [0.3, 0.4) is 0 Å². The van der Waals surface area contributed by atoms with Gasteiger partial charge in [0.15, 0.2) is 11.5 Å². The van der Waals surface area contributed by atoms with E-state index >= 15 is 8.78 Å². The van der Waals surface area contributed by atoms with Crippen LogP contribution in [0.5, 0.6) is 11.5 Å². The van der Waals surface area contributed by atoms with Gasteiger partial charge in [-0.25, -0.2) is 27.9 Å². The first-order valence-electron chi connectivity index (χ1n) is 15.8. The predicted molar refractivity (Wildman–Crippen MR) is 173 cm³/mol. The van der Waals surface area contributed by atoms with Gasteiger partial charge in [-0.1, -0.05) is 19.9 Å². The molecule has 1 aromatic carbocycles. The minimum Gasteiger partial charge on any atom is -0.493 e. The third kappa shape index (κ3) is 6.18. The van der Waals surface area contributed by atoms with Crippen LogP contribution in [0.4, 0.5) is 19.4 Å². The molecule has 47 heavy (non-hydrogen) atoms. The van der Waals surface area contributed by atoms with Crippen molar-refractivity contribution in [2.24, 2.45) is 0 Å². The fraction of sp³-hybridized carbons (Fsp3) is 0.441. The second kappa shape index (κ2) is 12.4. The monoisotopic (exact) mass is 648 g/mol. The van der Waals surface area contributed by atoms with Crippen LogP contribution >= 0.6 is 0 Å². The quantitative estimate of drug-likeness (QED) is 0.264. The molecule has 1 saturated heterocycles. The molecule has 1 amide bonds. The molecule has 13 heteroatoms. The van der Waals surface area contributed by atoms with E-state index in [9.17, 15) is 9.59 Å². The third-order valence-electron chi connectivity index (χ3n) is 8.05. The summed E-state index contributed by atoms with van der Waals surface area (Å²) in [6, 6.07) is 6.80. The number of piperazine rings is 1. The number of anilines is 1. The standard InChI is InChI=1S/C34H38F2N6O5/c1-19(2)27-29-25(11-12-37-27)46-16-8-15-45-24-10-7-9-22(35)26(24)28-23(36)17-21-30(39-32(43)42(29)31(21)38-28)41-14-13-40(18-20(41)3)33(44)47-34(4,5)6/h7,9-12,17,19-20H,8,13-16,18H2,1-6H3/t20-/m0/s1. The number of ether oxygens (including phenoxy) is 3. The van der Waals surface area contributed by atoms with Gasteiger partial charge >= 0.3 is 11.8 Å². The Morgan fingerprint density at radius 1 is 1.04 bits per heavy atom. The summed E-state index contributed by atoms with van der Waals surface area (Å²) in [5.41, 5.74) is -0.893. The second-order valence-electron chi connectivity index (χ2n) is 13.1. The molecule has 3 aromatic heterocycles.